The summed E-state index contributed by atoms with van der Waals surface area (Å²) in [6, 6.07) is 4.28. The highest BCUT2D eigenvalue weighted by atomic mass is 79.9. The molecule has 0 saturated carbocycles. The summed E-state index contributed by atoms with van der Waals surface area (Å²) in [4.78, 5) is 0. The van der Waals surface area contributed by atoms with Gasteiger partial charge in [0.15, 0.2) is 0 Å². The predicted octanol–water partition coefficient (Wildman–Crippen LogP) is 3.78. The van der Waals surface area contributed by atoms with E-state index in [1.54, 1.807) is 10.7 Å². The molecule has 20 heavy (non-hydrogen) atoms. The lowest BCUT2D eigenvalue weighted by Crippen LogP contribution is -2.22. The Balaban J connectivity index is 2.06. The molecule has 0 amide bonds. The number of aromatic nitrogens is 3. The highest BCUT2D eigenvalue weighted by Gasteiger charge is 2.13. The predicted molar refractivity (Wildman–Crippen MR) is 84.2 cm³/mol. The molecule has 0 N–H and O–H groups in total. The molecule has 0 aliphatic heterocycles. The zero-order valence-corrected chi connectivity index (χ0v) is 14.6. The van der Waals surface area contributed by atoms with E-state index in [-0.39, 0.29) is 5.82 Å². The van der Waals surface area contributed by atoms with Crippen LogP contribution in [0.3, 0.4) is 0 Å². The van der Waals surface area contributed by atoms with Gasteiger partial charge in [-0.2, -0.15) is 0 Å². The Morgan fingerprint density at radius 2 is 2.10 bits per heavy atom. The summed E-state index contributed by atoms with van der Waals surface area (Å²) >= 11 is 3.25. The Morgan fingerprint density at radius 3 is 2.75 bits per heavy atom. The fraction of sp³-hybridized carbons (Fsp3) is 0.538. The second-order valence-corrected chi connectivity index (χ2v) is 12.2. The molecule has 7 heteroatoms. The van der Waals surface area contributed by atoms with Gasteiger partial charge in [0.05, 0.1) is 5.52 Å². The Hall–Kier alpha value is -0.793. The van der Waals surface area contributed by atoms with E-state index in [1.807, 2.05) is 0 Å². The number of hydrogen-bond acceptors (Lipinski definition) is 3. The van der Waals surface area contributed by atoms with Crippen LogP contribution in [0.25, 0.3) is 11.0 Å². The molecule has 0 spiro atoms. The standard InChI is InChI=1S/C13H19BrFN3OSi/c1-20(2,3)5-4-19-9-18-13-7-11(15)10(8-14)6-12(13)16-17-18/h6-7H,4-5,8-9H2,1-3H3. The van der Waals surface area contributed by atoms with Crippen LogP contribution >= 0.6 is 15.9 Å². The molecule has 2 rings (SSSR count). The largest absolute Gasteiger partial charge is 0.359 e. The summed E-state index contributed by atoms with van der Waals surface area (Å²) in [7, 11) is -1.09. The summed E-state index contributed by atoms with van der Waals surface area (Å²) in [6.07, 6.45) is 0. The van der Waals surface area contributed by atoms with Crippen LogP contribution in [0.1, 0.15) is 5.56 Å². The van der Waals surface area contributed by atoms with Crippen LogP contribution in [-0.2, 0) is 16.8 Å². The highest BCUT2D eigenvalue weighted by Crippen LogP contribution is 2.19. The first-order valence-electron chi connectivity index (χ1n) is 6.56. The van der Waals surface area contributed by atoms with Crippen LogP contribution in [0.4, 0.5) is 4.39 Å². The molecular formula is C13H19BrFN3OSi. The van der Waals surface area contributed by atoms with E-state index in [0.717, 1.165) is 6.04 Å². The molecule has 0 aliphatic carbocycles. The number of benzene rings is 1. The molecule has 0 bridgehead atoms. The average molecular weight is 360 g/mol. The third-order valence-electron chi connectivity index (χ3n) is 3.04. The number of nitrogens with zero attached hydrogens (tertiary/aromatic N) is 3. The topological polar surface area (TPSA) is 39.9 Å². The van der Waals surface area contributed by atoms with Crippen molar-refractivity contribution in [1.82, 2.24) is 15.0 Å². The Morgan fingerprint density at radius 1 is 1.35 bits per heavy atom. The molecule has 4 nitrogen and oxygen atoms in total. The average Bonchev–Trinajstić information content (AvgIpc) is 2.75. The maximum Gasteiger partial charge on any atom is 0.141 e. The fourth-order valence-corrected chi connectivity index (χ4v) is 2.95. The quantitative estimate of drug-likeness (QED) is 0.447. The Labute approximate surface area is 127 Å². The highest BCUT2D eigenvalue weighted by molar-refractivity contribution is 9.08. The van der Waals surface area contributed by atoms with Crippen molar-refractivity contribution in [2.24, 2.45) is 0 Å². The van der Waals surface area contributed by atoms with Crippen LogP contribution in [0.5, 0.6) is 0 Å². The summed E-state index contributed by atoms with van der Waals surface area (Å²) in [6.45, 7) is 7.93. The molecule has 1 heterocycles. The van der Waals surface area contributed by atoms with Gasteiger partial charge in [-0.3, -0.25) is 0 Å². The molecule has 0 atom stereocenters. The smallest absolute Gasteiger partial charge is 0.141 e. The lowest BCUT2D eigenvalue weighted by molar-refractivity contribution is 0.0802. The van der Waals surface area contributed by atoms with Gasteiger partial charge >= 0.3 is 0 Å². The number of hydrogen-bond donors (Lipinski definition) is 0. The van der Waals surface area contributed by atoms with Crippen LogP contribution < -0.4 is 0 Å². The van der Waals surface area contributed by atoms with Crippen molar-refractivity contribution in [1.29, 1.82) is 0 Å². The van der Waals surface area contributed by atoms with E-state index in [0.29, 0.717) is 35.3 Å². The molecule has 0 aliphatic rings. The first kappa shape index (κ1) is 15.6. The number of alkyl halides is 1. The van der Waals surface area contributed by atoms with Crippen molar-refractivity contribution in [2.75, 3.05) is 6.61 Å². The van der Waals surface area contributed by atoms with Gasteiger partial charge in [0.2, 0.25) is 0 Å². The van der Waals surface area contributed by atoms with Crippen LogP contribution in [0.15, 0.2) is 12.1 Å². The Kier molecular flexibility index (Phi) is 4.93. The van der Waals surface area contributed by atoms with Crippen molar-refractivity contribution in [3.63, 3.8) is 0 Å². The Bertz CT molecular complexity index is 597. The number of rotatable bonds is 6. The number of ether oxygens (including phenoxy) is 1. The second-order valence-electron chi connectivity index (χ2n) is 6.00. The van der Waals surface area contributed by atoms with Gasteiger partial charge in [-0.15, -0.1) is 5.10 Å². The van der Waals surface area contributed by atoms with Gasteiger partial charge in [0, 0.05) is 31.6 Å². The van der Waals surface area contributed by atoms with Crippen LogP contribution in [0.2, 0.25) is 25.7 Å². The van der Waals surface area contributed by atoms with Gasteiger partial charge in [0.25, 0.3) is 0 Å². The normalized spacial score (nSPS) is 12.2. The summed E-state index contributed by atoms with van der Waals surface area (Å²) < 4.78 is 21.0. The van der Waals surface area contributed by atoms with Crippen molar-refractivity contribution in [3.05, 3.63) is 23.5 Å². The van der Waals surface area contributed by atoms with Gasteiger partial charge in [-0.05, 0) is 12.1 Å². The van der Waals surface area contributed by atoms with Crippen molar-refractivity contribution >= 4 is 35.0 Å². The zero-order chi connectivity index (χ0) is 14.8. The van der Waals surface area contributed by atoms with Crippen LogP contribution in [-0.4, -0.2) is 29.7 Å². The number of fused-ring (bicyclic) bond motifs is 1. The lowest BCUT2D eigenvalue weighted by atomic mass is 10.2. The van der Waals surface area contributed by atoms with E-state index in [2.05, 4.69) is 45.9 Å². The number of halogens is 2. The molecule has 110 valence electrons. The zero-order valence-electron chi connectivity index (χ0n) is 12.0. The van der Waals surface area contributed by atoms with E-state index >= 15 is 0 Å². The maximum atomic E-state index is 13.8. The summed E-state index contributed by atoms with van der Waals surface area (Å²) in [5.41, 5.74) is 1.94. The fourth-order valence-electron chi connectivity index (χ4n) is 1.76. The molecular weight excluding hydrogens is 341 g/mol. The van der Waals surface area contributed by atoms with Gasteiger partial charge in [-0.25, -0.2) is 9.07 Å². The first-order valence-corrected chi connectivity index (χ1v) is 11.4. The third kappa shape index (κ3) is 3.86. The van der Waals surface area contributed by atoms with Gasteiger partial charge in [-0.1, -0.05) is 40.8 Å². The van der Waals surface area contributed by atoms with Crippen LogP contribution in [0, 0.1) is 5.82 Å². The monoisotopic (exact) mass is 359 g/mol. The van der Waals surface area contributed by atoms with Gasteiger partial charge in [0.1, 0.15) is 18.1 Å². The minimum Gasteiger partial charge on any atom is -0.359 e. The van der Waals surface area contributed by atoms with E-state index in [4.69, 9.17) is 4.74 Å². The summed E-state index contributed by atoms with van der Waals surface area (Å²) in [5.74, 6) is -0.250. The molecule has 0 unspecified atom stereocenters. The molecule has 0 saturated heterocycles. The molecule has 0 radical (unpaired) electrons. The van der Waals surface area contributed by atoms with Crippen molar-refractivity contribution in [2.45, 2.75) is 37.7 Å². The minimum atomic E-state index is -1.09. The van der Waals surface area contributed by atoms with Crippen molar-refractivity contribution < 1.29 is 9.13 Å². The SMILES string of the molecule is C[Si](C)(C)CCOCn1nnc2cc(CBr)c(F)cc21. The second kappa shape index (κ2) is 6.32. The molecule has 2 aromatic rings. The molecule has 0 fully saturated rings. The van der Waals surface area contributed by atoms with E-state index in [1.165, 1.54) is 6.07 Å². The maximum absolute atomic E-state index is 13.8. The first-order chi connectivity index (χ1) is 9.40. The minimum absolute atomic E-state index is 0.250. The van der Waals surface area contributed by atoms with Gasteiger partial charge < -0.3 is 4.74 Å². The molecule has 1 aromatic heterocycles. The third-order valence-corrected chi connectivity index (χ3v) is 5.34. The molecule has 1 aromatic carbocycles. The van der Waals surface area contributed by atoms with E-state index in [9.17, 15) is 4.39 Å². The summed E-state index contributed by atoms with van der Waals surface area (Å²) in [5, 5.41) is 8.53. The van der Waals surface area contributed by atoms with Crippen molar-refractivity contribution in [3.8, 4) is 0 Å². The lowest BCUT2D eigenvalue weighted by Gasteiger charge is -2.15. The van der Waals surface area contributed by atoms with E-state index < -0.39 is 8.07 Å².